The third-order valence-corrected chi connectivity index (χ3v) is 3.05. The second kappa shape index (κ2) is 6.88. The molecule has 110 valence electrons. The molecule has 0 aliphatic carbocycles. The van der Waals surface area contributed by atoms with Gasteiger partial charge in [0.25, 0.3) is 5.69 Å². The number of aliphatic carboxylic acids is 1. The fourth-order valence-corrected chi connectivity index (χ4v) is 2.14. The van der Waals surface area contributed by atoms with E-state index in [2.05, 4.69) is 0 Å². The highest BCUT2D eigenvalue weighted by Crippen LogP contribution is 2.28. The van der Waals surface area contributed by atoms with E-state index in [1.165, 1.54) is 25.3 Å². The van der Waals surface area contributed by atoms with Crippen molar-refractivity contribution in [2.45, 2.75) is 26.7 Å². The molecule has 1 atom stereocenters. The molecule has 0 saturated heterocycles. The molecule has 1 unspecified atom stereocenters. The standard InChI is InChI=1S/C14H19NO5/c1-9(2)6-11(14(16)17)7-10-8-12(15(18)19)4-5-13(10)20-3/h4-5,8-9,11H,6-7H2,1-3H3,(H,16,17). The number of benzene rings is 1. The second-order valence-electron chi connectivity index (χ2n) is 5.12. The monoisotopic (exact) mass is 281 g/mol. The fraction of sp³-hybridized carbons (Fsp3) is 0.500. The van der Waals surface area contributed by atoms with Crippen molar-refractivity contribution in [1.29, 1.82) is 0 Å². The molecule has 20 heavy (non-hydrogen) atoms. The molecule has 6 heteroatoms. The molecule has 0 amide bonds. The van der Waals surface area contributed by atoms with Gasteiger partial charge in [-0.25, -0.2) is 0 Å². The molecule has 1 rings (SSSR count). The largest absolute Gasteiger partial charge is 0.496 e. The molecule has 1 N–H and O–H groups in total. The van der Waals surface area contributed by atoms with Crippen LogP contribution >= 0.6 is 0 Å². The molecule has 0 fully saturated rings. The van der Waals surface area contributed by atoms with Gasteiger partial charge in [0.1, 0.15) is 5.75 Å². The zero-order valence-electron chi connectivity index (χ0n) is 11.8. The molecule has 0 aliphatic rings. The summed E-state index contributed by atoms with van der Waals surface area (Å²) in [6.45, 7) is 3.89. The fourth-order valence-electron chi connectivity index (χ4n) is 2.14. The molecule has 0 bridgehead atoms. The molecule has 0 aromatic heterocycles. The van der Waals surface area contributed by atoms with Crippen LogP contribution in [0.5, 0.6) is 5.75 Å². The Morgan fingerprint density at radius 2 is 2.10 bits per heavy atom. The Kier molecular flexibility index (Phi) is 5.49. The number of hydrogen-bond donors (Lipinski definition) is 1. The van der Waals surface area contributed by atoms with Gasteiger partial charge in [0.05, 0.1) is 18.0 Å². The minimum atomic E-state index is -0.896. The summed E-state index contributed by atoms with van der Waals surface area (Å²) in [4.78, 5) is 21.6. The first-order chi connectivity index (χ1) is 9.35. The van der Waals surface area contributed by atoms with E-state index in [-0.39, 0.29) is 18.0 Å². The van der Waals surface area contributed by atoms with Crippen LogP contribution in [0, 0.1) is 22.0 Å². The number of hydrogen-bond acceptors (Lipinski definition) is 4. The third kappa shape index (κ3) is 4.22. The zero-order valence-corrected chi connectivity index (χ0v) is 11.8. The zero-order chi connectivity index (χ0) is 15.3. The van der Waals surface area contributed by atoms with Gasteiger partial charge in [-0.05, 0) is 24.8 Å². The number of carbonyl (C=O) groups is 1. The molecule has 1 aromatic carbocycles. The minimum absolute atomic E-state index is 0.0607. The maximum Gasteiger partial charge on any atom is 0.306 e. The molecule has 0 heterocycles. The Morgan fingerprint density at radius 1 is 1.45 bits per heavy atom. The van der Waals surface area contributed by atoms with Gasteiger partial charge in [-0.15, -0.1) is 0 Å². The summed E-state index contributed by atoms with van der Waals surface area (Å²) in [6, 6.07) is 4.23. The van der Waals surface area contributed by atoms with E-state index < -0.39 is 16.8 Å². The molecule has 0 aliphatic heterocycles. The Hall–Kier alpha value is -2.11. The molecule has 6 nitrogen and oxygen atoms in total. The summed E-state index contributed by atoms with van der Waals surface area (Å²) in [6.07, 6.45) is 0.736. The number of nitro groups is 1. The maximum absolute atomic E-state index is 11.3. The lowest BCUT2D eigenvalue weighted by atomic mass is 9.90. The van der Waals surface area contributed by atoms with Crippen molar-refractivity contribution in [3.63, 3.8) is 0 Å². The smallest absolute Gasteiger partial charge is 0.306 e. The van der Waals surface area contributed by atoms with Crippen molar-refractivity contribution < 1.29 is 19.6 Å². The molecule has 0 saturated carbocycles. The Labute approximate surface area is 117 Å². The van der Waals surface area contributed by atoms with Crippen molar-refractivity contribution in [2.24, 2.45) is 11.8 Å². The van der Waals surface area contributed by atoms with E-state index in [4.69, 9.17) is 4.74 Å². The van der Waals surface area contributed by atoms with Crippen LogP contribution in [-0.4, -0.2) is 23.1 Å². The van der Waals surface area contributed by atoms with Gasteiger partial charge in [-0.2, -0.15) is 0 Å². The molecular formula is C14H19NO5. The lowest BCUT2D eigenvalue weighted by Crippen LogP contribution is -2.19. The van der Waals surface area contributed by atoms with Gasteiger partial charge >= 0.3 is 5.97 Å². The summed E-state index contributed by atoms with van der Waals surface area (Å²) in [7, 11) is 1.46. The highest BCUT2D eigenvalue weighted by atomic mass is 16.6. The molecule has 0 radical (unpaired) electrons. The molecular weight excluding hydrogens is 262 g/mol. The van der Waals surface area contributed by atoms with Gasteiger partial charge in [0, 0.05) is 17.7 Å². The molecule has 1 aromatic rings. The van der Waals surface area contributed by atoms with Gasteiger partial charge in [-0.3, -0.25) is 14.9 Å². The highest BCUT2D eigenvalue weighted by Gasteiger charge is 2.22. The van der Waals surface area contributed by atoms with Crippen LogP contribution in [0.25, 0.3) is 0 Å². The third-order valence-electron chi connectivity index (χ3n) is 3.05. The number of non-ortho nitro benzene ring substituents is 1. The number of ether oxygens (including phenoxy) is 1. The minimum Gasteiger partial charge on any atom is -0.496 e. The first-order valence-corrected chi connectivity index (χ1v) is 6.39. The number of carboxylic acids is 1. The summed E-state index contributed by atoms with van der Waals surface area (Å²) >= 11 is 0. The van der Waals surface area contributed by atoms with E-state index in [0.717, 1.165) is 0 Å². The van der Waals surface area contributed by atoms with E-state index in [9.17, 15) is 20.0 Å². The average molecular weight is 281 g/mol. The first kappa shape index (κ1) is 15.9. The lowest BCUT2D eigenvalue weighted by molar-refractivity contribution is -0.384. The van der Waals surface area contributed by atoms with Gasteiger partial charge in [-0.1, -0.05) is 13.8 Å². The maximum atomic E-state index is 11.3. The number of rotatable bonds is 7. The van der Waals surface area contributed by atoms with Crippen LogP contribution in [0.3, 0.4) is 0 Å². The van der Waals surface area contributed by atoms with Crippen LogP contribution in [0.1, 0.15) is 25.8 Å². The highest BCUT2D eigenvalue weighted by molar-refractivity contribution is 5.70. The quantitative estimate of drug-likeness (QED) is 0.613. The topological polar surface area (TPSA) is 89.7 Å². The number of nitrogens with zero attached hydrogens (tertiary/aromatic N) is 1. The lowest BCUT2D eigenvalue weighted by Gasteiger charge is -2.16. The predicted molar refractivity (Wildman–Crippen MR) is 73.9 cm³/mol. The number of nitro benzene ring substituents is 1. The Balaban J connectivity index is 3.06. The van der Waals surface area contributed by atoms with E-state index in [1.807, 2.05) is 13.8 Å². The summed E-state index contributed by atoms with van der Waals surface area (Å²) < 4.78 is 5.15. The van der Waals surface area contributed by atoms with Crippen LogP contribution in [-0.2, 0) is 11.2 Å². The van der Waals surface area contributed by atoms with E-state index >= 15 is 0 Å². The summed E-state index contributed by atoms with van der Waals surface area (Å²) in [5, 5.41) is 20.0. The first-order valence-electron chi connectivity index (χ1n) is 6.39. The SMILES string of the molecule is COc1ccc([N+](=O)[O-])cc1CC(CC(C)C)C(=O)O. The summed E-state index contributed by atoms with van der Waals surface area (Å²) in [5.74, 6) is -0.760. The number of carboxylic acid groups (broad SMARTS) is 1. The normalized spacial score (nSPS) is 12.2. The van der Waals surface area contributed by atoms with Crippen molar-refractivity contribution in [2.75, 3.05) is 7.11 Å². The van der Waals surface area contributed by atoms with Gasteiger partial charge in [0.2, 0.25) is 0 Å². The van der Waals surface area contributed by atoms with Crippen LogP contribution < -0.4 is 4.74 Å². The van der Waals surface area contributed by atoms with Crippen LogP contribution in [0.4, 0.5) is 5.69 Å². The Bertz CT molecular complexity index is 498. The van der Waals surface area contributed by atoms with E-state index in [0.29, 0.717) is 17.7 Å². The predicted octanol–water partition coefficient (Wildman–Crippen LogP) is 2.89. The average Bonchev–Trinajstić information content (AvgIpc) is 2.37. The van der Waals surface area contributed by atoms with Crippen LogP contribution in [0.15, 0.2) is 18.2 Å². The van der Waals surface area contributed by atoms with Gasteiger partial charge < -0.3 is 9.84 Å². The Morgan fingerprint density at radius 3 is 2.55 bits per heavy atom. The van der Waals surface area contributed by atoms with Crippen molar-refractivity contribution in [3.05, 3.63) is 33.9 Å². The van der Waals surface area contributed by atoms with Crippen LogP contribution in [0.2, 0.25) is 0 Å². The van der Waals surface area contributed by atoms with Crippen molar-refractivity contribution in [3.8, 4) is 5.75 Å². The second-order valence-corrected chi connectivity index (χ2v) is 5.12. The van der Waals surface area contributed by atoms with E-state index in [1.54, 1.807) is 0 Å². The van der Waals surface area contributed by atoms with Crippen molar-refractivity contribution in [1.82, 2.24) is 0 Å². The molecule has 0 spiro atoms. The van der Waals surface area contributed by atoms with Gasteiger partial charge in [0.15, 0.2) is 0 Å². The van der Waals surface area contributed by atoms with Crippen molar-refractivity contribution >= 4 is 11.7 Å². The summed E-state index contributed by atoms with van der Waals surface area (Å²) in [5.41, 5.74) is 0.490. The number of methoxy groups -OCH3 is 1.